The van der Waals surface area contributed by atoms with Crippen LogP contribution in [0.25, 0.3) is 10.8 Å². The predicted molar refractivity (Wildman–Crippen MR) is 85.6 cm³/mol. The van der Waals surface area contributed by atoms with Crippen molar-refractivity contribution in [2.75, 3.05) is 16.8 Å². The van der Waals surface area contributed by atoms with Crippen molar-refractivity contribution in [2.24, 2.45) is 0 Å². The number of halogens is 1. The first-order valence-corrected chi connectivity index (χ1v) is 8.31. The van der Waals surface area contributed by atoms with Crippen molar-refractivity contribution in [1.29, 1.82) is 0 Å². The zero-order valence-corrected chi connectivity index (χ0v) is 12.6. The Hall–Kier alpha value is -0.670. The van der Waals surface area contributed by atoms with Crippen LogP contribution in [-0.4, -0.2) is 17.5 Å². The summed E-state index contributed by atoms with van der Waals surface area (Å²) in [6, 6.07) is 13.5. The Balaban J connectivity index is 1.94. The van der Waals surface area contributed by atoms with Crippen LogP contribution < -0.4 is 5.32 Å². The fraction of sp³-hybridized carbons (Fsp3) is 0.333. The SMILES string of the molecule is Brc1ccc(NC2CCSCC2)c2ccccc12. The average molecular weight is 322 g/mol. The van der Waals surface area contributed by atoms with Crippen molar-refractivity contribution >= 4 is 44.2 Å². The maximum absolute atomic E-state index is 3.72. The van der Waals surface area contributed by atoms with Crippen molar-refractivity contribution < 1.29 is 0 Å². The number of fused-ring (bicyclic) bond motifs is 1. The highest BCUT2D eigenvalue weighted by Crippen LogP contribution is 2.31. The molecule has 1 aliphatic heterocycles. The van der Waals surface area contributed by atoms with Gasteiger partial charge in [0.1, 0.15) is 0 Å². The van der Waals surface area contributed by atoms with Crippen molar-refractivity contribution in [3.63, 3.8) is 0 Å². The number of nitrogens with one attached hydrogen (secondary N) is 1. The molecule has 18 heavy (non-hydrogen) atoms. The molecular formula is C15H16BrNS. The molecule has 3 heteroatoms. The van der Waals surface area contributed by atoms with Crippen molar-refractivity contribution in [3.05, 3.63) is 40.9 Å². The van der Waals surface area contributed by atoms with Gasteiger partial charge in [-0.25, -0.2) is 0 Å². The molecule has 1 nitrogen and oxygen atoms in total. The van der Waals surface area contributed by atoms with E-state index in [0.717, 1.165) is 0 Å². The molecule has 1 N–H and O–H groups in total. The van der Waals surface area contributed by atoms with Gasteiger partial charge in [0.15, 0.2) is 0 Å². The first-order valence-electron chi connectivity index (χ1n) is 6.36. The number of rotatable bonds is 2. The van der Waals surface area contributed by atoms with Gasteiger partial charge >= 0.3 is 0 Å². The van der Waals surface area contributed by atoms with Gasteiger partial charge in [-0.05, 0) is 41.9 Å². The van der Waals surface area contributed by atoms with E-state index in [1.165, 1.54) is 45.3 Å². The van der Waals surface area contributed by atoms with Gasteiger partial charge in [0.25, 0.3) is 0 Å². The van der Waals surface area contributed by atoms with Gasteiger partial charge < -0.3 is 5.32 Å². The van der Waals surface area contributed by atoms with Crippen LogP contribution in [0.2, 0.25) is 0 Å². The smallest absolute Gasteiger partial charge is 0.0422 e. The highest BCUT2D eigenvalue weighted by molar-refractivity contribution is 9.10. The molecule has 0 saturated carbocycles. The minimum absolute atomic E-state index is 0.635. The Morgan fingerprint density at radius 1 is 1.00 bits per heavy atom. The topological polar surface area (TPSA) is 12.0 Å². The fourth-order valence-electron chi connectivity index (χ4n) is 2.45. The third-order valence-corrected chi connectivity index (χ3v) is 5.19. The molecule has 0 spiro atoms. The molecule has 1 fully saturated rings. The summed E-state index contributed by atoms with van der Waals surface area (Å²) in [6.45, 7) is 0. The molecule has 3 rings (SSSR count). The highest BCUT2D eigenvalue weighted by atomic mass is 79.9. The van der Waals surface area contributed by atoms with Crippen LogP contribution in [0.5, 0.6) is 0 Å². The summed E-state index contributed by atoms with van der Waals surface area (Å²) in [5.41, 5.74) is 1.27. The third-order valence-electron chi connectivity index (χ3n) is 3.45. The van der Waals surface area contributed by atoms with Crippen LogP contribution >= 0.6 is 27.7 Å². The van der Waals surface area contributed by atoms with Crippen molar-refractivity contribution in [2.45, 2.75) is 18.9 Å². The monoisotopic (exact) mass is 321 g/mol. The van der Waals surface area contributed by atoms with Gasteiger partial charge in [-0.3, -0.25) is 0 Å². The van der Waals surface area contributed by atoms with E-state index in [0.29, 0.717) is 6.04 Å². The molecule has 1 aliphatic rings. The normalized spacial score (nSPS) is 16.9. The average Bonchev–Trinajstić information content (AvgIpc) is 2.44. The summed E-state index contributed by atoms with van der Waals surface area (Å²) in [4.78, 5) is 0. The number of hydrogen-bond donors (Lipinski definition) is 1. The van der Waals surface area contributed by atoms with Crippen LogP contribution in [0, 0.1) is 0 Å². The number of thioether (sulfide) groups is 1. The van der Waals surface area contributed by atoms with E-state index in [2.05, 4.69) is 69.4 Å². The van der Waals surface area contributed by atoms with Gasteiger partial charge in [0, 0.05) is 21.6 Å². The molecule has 0 atom stereocenters. The Kier molecular flexibility index (Phi) is 3.80. The Morgan fingerprint density at radius 2 is 1.72 bits per heavy atom. The van der Waals surface area contributed by atoms with Gasteiger partial charge in [-0.1, -0.05) is 40.2 Å². The van der Waals surface area contributed by atoms with Gasteiger partial charge in [-0.15, -0.1) is 0 Å². The van der Waals surface area contributed by atoms with E-state index in [1.807, 2.05) is 0 Å². The molecule has 0 radical (unpaired) electrons. The Morgan fingerprint density at radius 3 is 2.50 bits per heavy atom. The van der Waals surface area contributed by atoms with Crippen LogP contribution in [0.1, 0.15) is 12.8 Å². The standard InChI is InChI=1S/C15H16BrNS/c16-14-5-6-15(13-4-2-1-3-12(13)14)17-11-7-9-18-10-8-11/h1-6,11,17H,7-10H2. The molecule has 2 aromatic rings. The van der Waals surface area contributed by atoms with E-state index in [4.69, 9.17) is 0 Å². The lowest BCUT2D eigenvalue weighted by atomic mass is 10.1. The maximum atomic E-state index is 3.72. The lowest BCUT2D eigenvalue weighted by Gasteiger charge is -2.24. The largest absolute Gasteiger partial charge is 0.382 e. The van der Waals surface area contributed by atoms with Gasteiger partial charge in [-0.2, -0.15) is 11.8 Å². The molecule has 0 bridgehead atoms. The quantitative estimate of drug-likeness (QED) is 0.843. The van der Waals surface area contributed by atoms with Crippen LogP contribution in [0.15, 0.2) is 40.9 Å². The Bertz CT molecular complexity index is 549. The van der Waals surface area contributed by atoms with Crippen LogP contribution in [-0.2, 0) is 0 Å². The molecule has 0 aromatic heterocycles. The van der Waals surface area contributed by atoms with Gasteiger partial charge in [0.05, 0.1) is 0 Å². The summed E-state index contributed by atoms with van der Waals surface area (Å²) in [6.07, 6.45) is 2.55. The zero-order chi connectivity index (χ0) is 12.4. The maximum Gasteiger partial charge on any atom is 0.0422 e. The van der Waals surface area contributed by atoms with E-state index >= 15 is 0 Å². The predicted octanol–water partition coefficient (Wildman–Crippen LogP) is 4.91. The molecule has 1 heterocycles. The molecule has 1 saturated heterocycles. The van der Waals surface area contributed by atoms with E-state index in [9.17, 15) is 0 Å². The summed E-state index contributed by atoms with van der Waals surface area (Å²) >= 11 is 5.69. The fourth-order valence-corrected chi connectivity index (χ4v) is 4.03. The van der Waals surface area contributed by atoms with E-state index in [1.54, 1.807) is 0 Å². The lowest BCUT2D eigenvalue weighted by Crippen LogP contribution is -2.24. The molecular weight excluding hydrogens is 306 g/mol. The van der Waals surface area contributed by atoms with Crippen LogP contribution in [0.3, 0.4) is 0 Å². The second kappa shape index (κ2) is 5.54. The zero-order valence-electron chi connectivity index (χ0n) is 10.2. The number of benzene rings is 2. The van der Waals surface area contributed by atoms with E-state index < -0.39 is 0 Å². The number of anilines is 1. The minimum Gasteiger partial charge on any atom is -0.382 e. The summed E-state index contributed by atoms with van der Waals surface area (Å²) in [5.74, 6) is 2.57. The Labute approximate surface area is 120 Å². The van der Waals surface area contributed by atoms with Crippen LogP contribution in [0.4, 0.5) is 5.69 Å². The number of hydrogen-bond acceptors (Lipinski definition) is 2. The summed E-state index contributed by atoms with van der Waals surface area (Å²) in [7, 11) is 0. The first kappa shape index (κ1) is 12.4. The molecule has 94 valence electrons. The second-order valence-corrected chi connectivity index (χ2v) is 6.75. The highest BCUT2D eigenvalue weighted by Gasteiger charge is 2.14. The molecule has 2 aromatic carbocycles. The van der Waals surface area contributed by atoms with Crippen molar-refractivity contribution in [1.82, 2.24) is 0 Å². The van der Waals surface area contributed by atoms with E-state index in [-0.39, 0.29) is 0 Å². The molecule has 0 unspecified atom stereocenters. The molecule has 0 aliphatic carbocycles. The van der Waals surface area contributed by atoms with Gasteiger partial charge in [0.2, 0.25) is 0 Å². The third kappa shape index (κ3) is 2.52. The van der Waals surface area contributed by atoms with Crippen molar-refractivity contribution in [3.8, 4) is 0 Å². The second-order valence-electron chi connectivity index (χ2n) is 4.67. The summed E-state index contributed by atoms with van der Waals surface area (Å²) < 4.78 is 1.17. The molecule has 0 amide bonds. The first-order chi connectivity index (χ1) is 8.84. The minimum atomic E-state index is 0.635. The lowest BCUT2D eigenvalue weighted by molar-refractivity contribution is 0.667. The summed E-state index contributed by atoms with van der Waals surface area (Å²) in [5, 5.41) is 6.31.